The molecule has 1 unspecified atom stereocenters. The largest absolute Gasteiger partial charge is 0.339 e. The van der Waals surface area contributed by atoms with Gasteiger partial charge in [-0.25, -0.2) is 4.79 Å². The van der Waals surface area contributed by atoms with Gasteiger partial charge < -0.3 is 20.4 Å². The molecular formula is C25H39N5O3. The first-order valence-electron chi connectivity index (χ1n) is 12.2. The van der Waals surface area contributed by atoms with Gasteiger partial charge in [0.1, 0.15) is 0 Å². The molecule has 1 aromatic carbocycles. The van der Waals surface area contributed by atoms with Gasteiger partial charge in [0.25, 0.3) is 0 Å². The number of benzene rings is 1. The molecule has 2 saturated heterocycles. The van der Waals surface area contributed by atoms with Crippen molar-refractivity contribution in [2.45, 2.75) is 59.0 Å². The summed E-state index contributed by atoms with van der Waals surface area (Å²) in [6, 6.07) is 7.80. The number of nitrogens with zero attached hydrogens (tertiary/aromatic N) is 3. The third-order valence-corrected chi connectivity index (χ3v) is 6.39. The fourth-order valence-electron chi connectivity index (χ4n) is 4.49. The zero-order chi connectivity index (χ0) is 23.8. The van der Waals surface area contributed by atoms with Crippen LogP contribution in [0.3, 0.4) is 0 Å². The van der Waals surface area contributed by atoms with E-state index in [1.807, 2.05) is 43.0 Å². The summed E-state index contributed by atoms with van der Waals surface area (Å²) in [6.45, 7) is 10.5. The zero-order valence-electron chi connectivity index (χ0n) is 20.3. The topological polar surface area (TPSA) is 85.0 Å². The van der Waals surface area contributed by atoms with Crippen molar-refractivity contribution < 1.29 is 14.4 Å². The maximum absolute atomic E-state index is 12.7. The Kier molecular flexibility index (Phi) is 9.11. The summed E-state index contributed by atoms with van der Waals surface area (Å²) in [5.41, 5.74) is 1.68. The minimum atomic E-state index is -0.0973. The predicted octanol–water partition coefficient (Wildman–Crippen LogP) is 2.90. The molecule has 0 saturated carbocycles. The van der Waals surface area contributed by atoms with E-state index in [2.05, 4.69) is 22.5 Å². The lowest BCUT2D eigenvalue weighted by atomic mass is 10.0. The van der Waals surface area contributed by atoms with Gasteiger partial charge in [0.05, 0.1) is 6.54 Å². The number of rotatable bonds is 7. The molecule has 2 aliphatic rings. The number of amides is 4. The second-order valence-electron chi connectivity index (χ2n) is 9.70. The molecule has 0 aliphatic carbocycles. The fourth-order valence-corrected chi connectivity index (χ4v) is 4.49. The highest BCUT2D eigenvalue weighted by Crippen LogP contribution is 2.17. The van der Waals surface area contributed by atoms with Crippen molar-refractivity contribution in [2.75, 3.05) is 44.6 Å². The number of piperidine rings is 1. The van der Waals surface area contributed by atoms with Crippen molar-refractivity contribution in [3.05, 3.63) is 29.8 Å². The number of hydrogen-bond acceptors (Lipinski definition) is 4. The van der Waals surface area contributed by atoms with Gasteiger partial charge in [-0.2, -0.15) is 0 Å². The van der Waals surface area contributed by atoms with E-state index < -0.39 is 0 Å². The molecule has 0 bridgehead atoms. The Morgan fingerprint density at radius 2 is 1.82 bits per heavy atom. The molecule has 1 atom stereocenters. The Morgan fingerprint density at radius 1 is 1.06 bits per heavy atom. The van der Waals surface area contributed by atoms with Crippen LogP contribution >= 0.6 is 0 Å². The predicted molar refractivity (Wildman–Crippen MR) is 130 cm³/mol. The van der Waals surface area contributed by atoms with Crippen LogP contribution in [0.4, 0.5) is 10.5 Å². The third kappa shape index (κ3) is 7.74. The molecule has 0 radical (unpaired) electrons. The number of hydrogen-bond donors (Lipinski definition) is 2. The highest BCUT2D eigenvalue weighted by molar-refractivity contribution is 5.90. The van der Waals surface area contributed by atoms with Crippen molar-refractivity contribution in [3.8, 4) is 0 Å². The Hall–Kier alpha value is -2.61. The first-order valence-corrected chi connectivity index (χ1v) is 12.2. The van der Waals surface area contributed by atoms with E-state index in [0.717, 1.165) is 30.6 Å². The number of likely N-dealkylation sites (tertiary alicyclic amines) is 1. The summed E-state index contributed by atoms with van der Waals surface area (Å²) < 4.78 is 0. The van der Waals surface area contributed by atoms with Crippen molar-refractivity contribution in [2.24, 2.45) is 5.92 Å². The highest BCUT2D eigenvalue weighted by atomic mass is 16.2. The summed E-state index contributed by atoms with van der Waals surface area (Å²) in [5, 5.41) is 5.89. The smallest absolute Gasteiger partial charge is 0.317 e. The number of urea groups is 1. The maximum atomic E-state index is 12.7. The summed E-state index contributed by atoms with van der Waals surface area (Å²) in [7, 11) is 0. The molecule has 4 amide bonds. The van der Waals surface area contributed by atoms with Gasteiger partial charge >= 0.3 is 6.03 Å². The molecule has 33 heavy (non-hydrogen) atoms. The molecule has 2 aliphatic heterocycles. The van der Waals surface area contributed by atoms with Crippen LogP contribution in [0.5, 0.6) is 0 Å². The van der Waals surface area contributed by atoms with Crippen LogP contribution in [-0.2, 0) is 16.1 Å². The van der Waals surface area contributed by atoms with Crippen LogP contribution in [0.2, 0.25) is 0 Å². The molecule has 182 valence electrons. The van der Waals surface area contributed by atoms with E-state index in [1.54, 1.807) is 4.90 Å². The molecule has 8 heteroatoms. The lowest BCUT2D eigenvalue weighted by Crippen LogP contribution is -2.54. The van der Waals surface area contributed by atoms with Gasteiger partial charge in [-0.05, 0) is 49.8 Å². The first kappa shape index (κ1) is 25.0. The van der Waals surface area contributed by atoms with Gasteiger partial charge in [-0.1, -0.05) is 26.0 Å². The van der Waals surface area contributed by atoms with Gasteiger partial charge in [0.15, 0.2) is 0 Å². The van der Waals surface area contributed by atoms with Gasteiger partial charge in [-0.15, -0.1) is 0 Å². The van der Waals surface area contributed by atoms with Crippen LogP contribution < -0.4 is 10.6 Å². The molecule has 2 fully saturated rings. The number of anilines is 1. The third-order valence-electron chi connectivity index (χ3n) is 6.39. The standard InChI is InChI=1S/C25H39N5O3/c1-19(2)15-23(31)27-22-9-6-8-21(16-22)17-26-25(33)29-13-11-28(12-14-29)18-24(32)30-10-5-4-7-20(30)3/h6,8-9,16,19-20H,4-5,7,10-15,17-18H2,1-3H3,(H,26,33)(H,27,31). The van der Waals surface area contributed by atoms with Gasteiger partial charge in [0.2, 0.25) is 11.8 Å². The Balaban J connectivity index is 1.40. The fraction of sp³-hybridized carbons (Fsp3) is 0.640. The minimum Gasteiger partial charge on any atom is -0.339 e. The summed E-state index contributed by atoms with van der Waals surface area (Å²) in [6.07, 6.45) is 3.87. The first-order chi connectivity index (χ1) is 15.8. The van der Waals surface area contributed by atoms with Gasteiger partial charge in [-0.3, -0.25) is 14.5 Å². The second kappa shape index (κ2) is 12.0. The van der Waals surface area contributed by atoms with E-state index in [1.165, 1.54) is 6.42 Å². The lowest BCUT2D eigenvalue weighted by Gasteiger charge is -2.38. The monoisotopic (exact) mass is 457 g/mol. The second-order valence-corrected chi connectivity index (χ2v) is 9.70. The number of piperazine rings is 1. The Bertz CT molecular complexity index is 820. The SMILES string of the molecule is CC(C)CC(=O)Nc1cccc(CNC(=O)N2CCN(CC(=O)N3CCCCC3C)CC2)c1. The summed E-state index contributed by atoms with van der Waals surface area (Å²) in [4.78, 5) is 43.3. The Morgan fingerprint density at radius 3 is 2.52 bits per heavy atom. The zero-order valence-corrected chi connectivity index (χ0v) is 20.3. The van der Waals surface area contributed by atoms with Crippen LogP contribution in [-0.4, -0.2) is 77.9 Å². The summed E-state index contributed by atoms with van der Waals surface area (Å²) in [5.74, 6) is 0.511. The molecule has 2 N–H and O–H groups in total. The molecular weight excluding hydrogens is 418 g/mol. The molecule has 1 aromatic rings. The van der Waals surface area contributed by atoms with Crippen LogP contribution in [0.25, 0.3) is 0 Å². The van der Waals surface area contributed by atoms with E-state index >= 15 is 0 Å². The quantitative estimate of drug-likeness (QED) is 0.659. The molecule has 8 nitrogen and oxygen atoms in total. The van der Waals surface area contributed by atoms with Crippen molar-refractivity contribution in [1.29, 1.82) is 0 Å². The van der Waals surface area contributed by atoms with Crippen LogP contribution in [0, 0.1) is 5.92 Å². The van der Waals surface area contributed by atoms with E-state index in [4.69, 9.17) is 0 Å². The number of carbonyl (C=O) groups is 3. The van der Waals surface area contributed by atoms with Crippen LogP contribution in [0.15, 0.2) is 24.3 Å². The molecule has 0 spiro atoms. The maximum Gasteiger partial charge on any atom is 0.317 e. The van der Waals surface area contributed by atoms with E-state index in [9.17, 15) is 14.4 Å². The minimum absolute atomic E-state index is 0.00252. The molecule has 0 aromatic heterocycles. The Labute approximate surface area is 197 Å². The highest BCUT2D eigenvalue weighted by Gasteiger charge is 2.27. The molecule has 3 rings (SSSR count). The lowest BCUT2D eigenvalue weighted by molar-refractivity contribution is -0.136. The normalized spacial score (nSPS) is 19.5. The van der Waals surface area contributed by atoms with E-state index in [0.29, 0.717) is 57.6 Å². The average Bonchev–Trinajstić information content (AvgIpc) is 2.78. The van der Waals surface area contributed by atoms with Crippen LogP contribution in [0.1, 0.15) is 52.0 Å². The van der Waals surface area contributed by atoms with Crippen molar-refractivity contribution in [1.82, 2.24) is 20.0 Å². The van der Waals surface area contributed by atoms with Gasteiger partial charge in [0, 0.05) is 57.4 Å². The summed E-state index contributed by atoms with van der Waals surface area (Å²) >= 11 is 0. The molecule has 2 heterocycles. The van der Waals surface area contributed by atoms with Crippen molar-refractivity contribution >= 4 is 23.5 Å². The number of nitrogens with one attached hydrogen (secondary N) is 2. The average molecular weight is 458 g/mol. The van der Waals surface area contributed by atoms with E-state index in [-0.39, 0.29) is 17.8 Å². The van der Waals surface area contributed by atoms with Crippen molar-refractivity contribution in [3.63, 3.8) is 0 Å². The number of carbonyl (C=O) groups excluding carboxylic acids is 3.